The number of benzene rings is 2. The Labute approximate surface area is 138 Å². The zero-order chi connectivity index (χ0) is 16.8. The molecule has 0 N–H and O–H groups in total. The second kappa shape index (κ2) is 7.36. The Morgan fingerprint density at radius 3 is 2.75 bits per heavy atom. The highest BCUT2D eigenvalue weighted by Crippen LogP contribution is 2.19. The van der Waals surface area contributed by atoms with Crippen LogP contribution in [0.1, 0.15) is 23.7 Å². The quantitative estimate of drug-likeness (QED) is 0.512. The number of tetrazole rings is 1. The van der Waals surface area contributed by atoms with Gasteiger partial charge in [-0.25, -0.2) is 9.48 Å². The van der Waals surface area contributed by atoms with Crippen LogP contribution in [0.4, 0.5) is 0 Å². The largest absolute Gasteiger partial charge is 0.494 e. The van der Waals surface area contributed by atoms with Gasteiger partial charge in [0, 0.05) is 6.07 Å². The summed E-state index contributed by atoms with van der Waals surface area (Å²) in [6, 6.07) is 13.9. The fraction of sp³-hybridized carbons (Fsp3) is 0.176. The summed E-state index contributed by atoms with van der Waals surface area (Å²) in [4.78, 5) is 12.3. The molecule has 0 aliphatic heterocycles. The van der Waals surface area contributed by atoms with Crippen LogP contribution in [0, 0.1) is 0 Å². The van der Waals surface area contributed by atoms with Gasteiger partial charge in [0.25, 0.3) is 0 Å². The minimum Gasteiger partial charge on any atom is -0.494 e. The molecule has 7 nitrogen and oxygen atoms in total. The molecular formula is C17H16N4O3. The maximum atomic E-state index is 12.3. The third kappa shape index (κ3) is 3.75. The van der Waals surface area contributed by atoms with Crippen LogP contribution in [0.25, 0.3) is 5.69 Å². The normalized spacial score (nSPS) is 10.4. The maximum absolute atomic E-state index is 12.3. The molecule has 7 heteroatoms. The number of rotatable bonds is 6. The first kappa shape index (κ1) is 15.7. The molecule has 3 aromatic rings. The van der Waals surface area contributed by atoms with Crippen molar-refractivity contribution in [2.75, 3.05) is 6.61 Å². The first-order valence-electron chi connectivity index (χ1n) is 7.55. The van der Waals surface area contributed by atoms with Crippen LogP contribution in [0.2, 0.25) is 0 Å². The van der Waals surface area contributed by atoms with E-state index >= 15 is 0 Å². The van der Waals surface area contributed by atoms with Gasteiger partial charge in [-0.1, -0.05) is 19.1 Å². The molecule has 0 aliphatic rings. The number of carbonyl (C=O) groups is 1. The van der Waals surface area contributed by atoms with Gasteiger partial charge in [-0.15, -0.1) is 5.10 Å². The first-order chi connectivity index (χ1) is 11.8. The molecule has 0 radical (unpaired) electrons. The lowest BCUT2D eigenvalue weighted by molar-refractivity contribution is 0.0734. The number of hydrogen-bond donors (Lipinski definition) is 0. The molecule has 1 heterocycles. The van der Waals surface area contributed by atoms with Gasteiger partial charge in [-0.3, -0.25) is 0 Å². The zero-order valence-electron chi connectivity index (χ0n) is 13.1. The van der Waals surface area contributed by atoms with E-state index in [1.165, 1.54) is 11.0 Å². The Morgan fingerprint density at radius 2 is 1.96 bits per heavy atom. The number of hydrogen-bond acceptors (Lipinski definition) is 6. The second-order valence-electron chi connectivity index (χ2n) is 5.02. The van der Waals surface area contributed by atoms with Crippen LogP contribution < -0.4 is 9.47 Å². The summed E-state index contributed by atoms with van der Waals surface area (Å²) < 4.78 is 12.4. The van der Waals surface area contributed by atoms with Crippen LogP contribution in [-0.4, -0.2) is 32.8 Å². The SMILES string of the molecule is CCCOc1cccc(C(=O)Oc2cccc(-n3cnnn3)c2)c1. The molecule has 0 aliphatic carbocycles. The monoisotopic (exact) mass is 324 g/mol. The van der Waals surface area contributed by atoms with Gasteiger partial charge < -0.3 is 9.47 Å². The molecule has 3 rings (SSSR count). The number of esters is 1. The van der Waals surface area contributed by atoms with Crippen LogP contribution >= 0.6 is 0 Å². The highest BCUT2D eigenvalue weighted by atomic mass is 16.5. The maximum Gasteiger partial charge on any atom is 0.343 e. The number of ether oxygens (including phenoxy) is 2. The average molecular weight is 324 g/mol. The van der Waals surface area contributed by atoms with Gasteiger partial charge >= 0.3 is 5.97 Å². The van der Waals surface area contributed by atoms with E-state index in [1.54, 1.807) is 36.4 Å². The van der Waals surface area contributed by atoms with E-state index < -0.39 is 5.97 Å². The van der Waals surface area contributed by atoms with Gasteiger partial charge in [-0.05, 0) is 47.2 Å². The molecule has 24 heavy (non-hydrogen) atoms. The third-order valence-corrected chi connectivity index (χ3v) is 3.18. The first-order valence-corrected chi connectivity index (χ1v) is 7.55. The highest BCUT2D eigenvalue weighted by molar-refractivity contribution is 5.91. The average Bonchev–Trinajstić information content (AvgIpc) is 3.15. The van der Waals surface area contributed by atoms with Crippen LogP contribution in [0.3, 0.4) is 0 Å². The smallest absolute Gasteiger partial charge is 0.343 e. The molecule has 0 atom stereocenters. The highest BCUT2D eigenvalue weighted by Gasteiger charge is 2.10. The fourth-order valence-electron chi connectivity index (χ4n) is 2.07. The van der Waals surface area contributed by atoms with Gasteiger partial charge in [0.05, 0.1) is 17.9 Å². The molecule has 2 aromatic carbocycles. The van der Waals surface area contributed by atoms with E-state index in [9.17, 15) is 4.79 Å². The molecule has 0 bridgehead atoms. The second-order valence-corrected chi connectivity index (χ2v) is 5.02. The molecule has 0 unspecified atom stereocenters. The van der Waals surface area contributed by atoms with E-state index in [1.807, 2.05) is 19.1 Å². The Hall–Kier alpha value is -3.22. The van der Waals surface area contributed by atoms with E-state index in [0.29, 0.717) is 29.4 Å². The summed E-state index contributed by atoms with van der Waals surface area (Å²) in [7, 11) is 0. The molecular weight excluding hydrogens is 308 g/mol. The Bertz CT molecular complexity index is 818. The van der Waals surface area contributed by atoms with E-state index in [4.69, 9.17) is 9.47 Å². The Morgan fingerprint density at radius 1 is 1.12 bits per heavy atom. The third-order valence-electron chi connectivity index (χ3n) is 3.18. The minimum absolute atomic E-state index is 0.410. The van der Waals surface area contributed by atoms with E-state index in [0.717, 1.165) is 6.42 Å². The van der Waals surface area contributed by atoms with Gasteiger partial charge in [0.1, 0.15) is 17.8 Å². The lowest BCUT2D eigenvalue weighted by Crippen LogP contribution is -2.09. The summed E-state index contributed by atoms with van der Waals surface area (Å²) in [6.45, 7) is 2.63. The summed E-state index contributed by atoms with van der Waals surface area (Å²) in [5.41, 5.74) is 1.13. The van der Waals surface area contributed by atoms with Crippen LogP contribution in [0.5, 0.6) is 11.5 Å². The van der Waals surface area contributed by atoms with Gasteiger partial charge in [0.15, 0.2) is 0 Å². The van der Waals surface area contributed by atoms with E-state index in [-0.39, 0.29) is 0 Å². The molecule has 122 valence electrons. The number of carbonyl (C=O) groups excluding carboxylic acids is 1. The van der Waals surface area contributed by atoms with E-state index in [2.05, 4.69) is 15.5 Å². The molecule has 0 spiro atoms. The summed E-state index contributed by atoms with van der Waals surface area (Å²) >= 11 is 0. The zero-order valence-corrected chi connectivity index (χ0v) is 13.1. The van der Waals surface area contributed by atoms with Crippen molar-refractivity contribution in [2.45, 2.75) is 13.3 Å². The Balaban J connectivity index is 1.74. The van der Waals surface area contributed by atoms with Crippen molar-refractivity contribution in [1.82, 2.24) is 20.2 Å². The van der Waals surface area contributed by atoms with Crippen LogP contribution in [-0.2, 0) is 0 Å². The fourth-order valence-corrected chi connectivity index (χ4v) is 2.07. The van der Waals surface area contributed by atoms with Crippen molar-refractivity contribution < 1.29 is 14.3 Å². The molecule has 0 amide bonds. The summed E-state index contributed by atoms with van der Waals surface area (Å²) in [5.74, 6) is 0.604. The van der Waals surface area contributed by atoms with Gasteiger partial charge in [0.2, 0.25) is 0 Å². The van der Waals surface area contributed by atoms with Gasteiger partial charge in [-0.2, -0.15) is 0 Å². The standard InChI is InChI=1S/C17H16N4O3/c1-2-9-23-15-7-3-5-13(10-15)17(22)24-16-8-4-6-14(11-16)21-12-18-19-20-21/h3-8,10-12H,2,9H2,1H3. The van der Waals surface area contributed by atoms with Crippen LogP contribution in [0.15, 0.2) is 54.9 Å². The lowest BCUT2D eigenvalue weighted by Gasteiger charge is -2.08. The predicted octanol–water partition coefficient (Wildman–Crippen LogP) is 2.67. The number of aromatic nitrogens is 4. The van der Waals surface area contributed by atoms with Crippen molar-refractivity contribution in [2.24, 2.45) is 0 Å². The molecule has 0 saturated carbocycles. The minimum atomic E-state index is -0.453. The van der Waals surface area contributed by atoms with Crippen molar-refractivity contribution >= 4 is 5.97 Å². The summed E-state index contributed by atoms with van der Waals surface area (Å²) in [6.07, 6.45) is 2.37. The van der Waals surface area contributed by atoms with Crippen molar-refractivity contribution in [1.29, 1.82) is 0 Å². The molecule has 0 fully saturated rings. The number of nitrogens with zero attached hydrogens (tertiary/aromatic N) is 4. The van der Waals surface area contributed by atoms with Crippen molar-refractivity contribution in [3.63, 3.8) is 0 Å². The topological polar surface area (TPSA) is 79.1 Å². The van der Waals surface area contributed by atoms with Crippen molar-refractivity contribution in [3.05, 3.63) is 60.4 Å². The lowest BCUT2D eigenvalue weighted by atomic mass is 10.2. The van der Waals surface area contributed by atoms with Crippen molar-refractivity contribution in [3.8, 4) is 17.2 Å². The predicted molar refractivity (Wildman–Crippen MR) is 86.3 cm³/mol. The Kier molecular flexibility index (Phi) is 4.81. The molecule has 1 aromatic heterocycles. The summed E-state index contributed by atoms with van der Waals surface area (Å²) in [5, 5.41) is 11.0. The molecule has 0 saturated heterocycles.